The van der Waals surface area contributed by atoms with E-state index in [-0.39, 0.29) is 30.7 Å². The summed E-state index contributed by atoms with van der Waals surface area (Å²) >= 11 is 0. The SMILES string of the molecule is Cc1cc(C)c(NC(=O)CNC(=O)[C@H]2CC(=O)N(Cc3ccco3)C2)c(C)c1. The van der Waals surface area contributed by atoms with Crippen molar-refractivity contribution < 1.29 is 18.8 Å². The Morgan fingerprint density at radius 1 is 1.21 bits per heavy atom. The first-order valence-electron chi connectivity index (χ1n) is 9.29. The lowest BCUT2D eigenvalue weighted by atomic mass is 10.1. The third kappa shape index (κ3) is 4.60. The molecule has 7 heteroatoms. The summed E-state index contributed by atoms with van der Waals surface area (Å²) in [5.41, 5.74) is 3.86. The highest BCUT2D eigenvalue weighted by molar-refractivity contribution is 5.97. The Hall–Kier alpha value is -3.09. The molecule has 1 aliphatic rings. The lowest BCUT2D eigenvalue weighted by Crippen LogP contribution is -2.38. The average molecular weight is 383 g/mol. The molecule has 0 saturated carbocycles. The maximum atomic E-state index is 12.4. The Morgan fingerprint density at radius 2 is 1.93 bits per heavy atom. The molecule has 3 amide bonds. The van der Waals surface area contributed by atoms with Gasteiger partial charge >= 0.3 is 0 Å². The maximum absolute atomic E-state index is 12.4. The highest BCUT2D eigenvalue weighted by atomic mass is 16.3. The fourth-order valence-corrected chi connectivity index (χ4v) is 3.56. The van der Waals surface area contributed by atoms with Gasteiger partial charge in [-0.2, -0.15) is 0 Å². The van der Waals surface area contributed by atoms with E-state index in [2.05, 4.69) is 10.6 Å². The standard InChI is InChI=1S/C21H25N3O4/c1-13-7-14(2)20(15(3)8-13)23-18(25)10-22-21(27)16-9-19(26)24(11-16)12-17-5-4-6-28-17/h4-8,16H,9-12H2,1-3H3,(H,22,27)(H,23,25)/t16-/m0/s1. The molecular formula is C21H25N3O4. The van der Waals surface area contributed by atoms with Crippen LogP contribution in [0.1, 0.15) is 28.9 Å². The molecule has 1 saturated heterocycles. The molecule has 0 unspecified atom stereocenters. The van der Waals surface area contributed by atoms with E-state index < -0.39 is 5.92 Å². The van der Waals surface area contributed by atoms with Crippen LogP contribution in [0.3, 0.4) is 0 Å². The average Bonchev–Trinajstić information content (AvgIpc) is 3.26. The first-order valence-corrected chi connectivity index (χ1v) is 9.29. The summed E-state index contributed by atoms with van der Waals surface area (Å²) in [6.45, 7) is 6.42. The van der Waals surface area contributed by atoms with Gasteiger partial charge in [0.2, 0.25) is 17.7 Å². The summed E-state index contributed by atoms with van der Waals surface area (Å²) in [5.74, 6) is -0.453. The zero-order chi connectivity index (χ0) is 20.3. The topological polar surface area (TPSA) is 91.7 Å². The van der Waals surface area contributed by atoms with Gasteiger partial charge in [-0.15, -0.1) is 0 Å². The minimum atomic E-state index is -0.460. The summed E-state index contributed by atoms with van der Waals surface area (Å²) in [6, 6.07) is 7.55. The summed E-state index contributed by atoms with van der Waals surface area (Å²) in [7, 11) is 0. The zero-order valence-corrected chi connectivity index (χ0v) is 16.4. The van der Waals surface area contributed by atoms with E-state index in [0.29, 0.717) is 18.8 Å². The van der Waals surface area contributed by atoms with Crippen molar-refractivity contribution in [3.8, 4) is 0 Å². The number of nitrogens with zero attached hydrogens (tertiary/aromatic N) is 1. The molecule has 2 heterocycles. The number of furan rings is 1. The molecule has 7 nitrogen and oxygen atoms in total. The highest BCUT2D eigenvalue weighted by Gasteiger charge is 2.34. The van der Waals surface area contributed by atoms with E-state index in [1.807, 2.05) is 32.9 Å². The number of benzene rings is 1. The first kappa shape index (κ1) is 19.7. The van der Waals surface area contributed by atoms with Crippen LogP contribution in [0.4, 0.5) is 5.69 Å². The Bertz CT molecular complexity index is 866. The third-order valence-electron chi connectivity index (χ3n) is 4.88. The molecule has 1 atom stereocenters. The van der Waals surface area contributed by atoms with Gasteiger partial charge in [0.25, 0.3) is 0 Å². The van der Waals surface area contributed by atoms with Gasteiger partial charge in [-0.05, 0) is 44.0 Å². The quantitative estimate of drug-likeness (QED) is 0.801. The number of likely N-dealkylation sites (tertiary alicyclic amines) is 1. The van der Waals surface area contributed by atoms with E-state index >= 15 is 0 Å². The van der Waals surface area contributed by atoms with Crippen molar-refractivity contribution in [2.24, 2.45) is 5.92 Å². The van der Waals surface area contributed by atoms with Crippen LogP contribution in [-0.4, -0.2) is 35.7 Å². The largest absolute Gasteiger partial charge is 0.467 e. The number of carbonyl (C=O) groups excluding carboxylic acids is 3. The van der Waals surface area contributed by atoms with Gasteiger partial charge < -0.3 is 20.0 Å². The molecule has 1 aromatic carbocycles. The van der Waals surface area contributed by atoms with Crippen LogP contribution in [0, 0.1) is 26.7 Å². The normalized spacial score (nSPS) is 16.3. The van der Waals surface area contributed by atoms with E-state index in [4.69, 9.17) is 4.42 Å². The number of hydrogen-bond acceptors (Lipinski definition) is 4. The Balaban J connectivity index is 1.50. The van der Waals surface area contributed by atoms with Gasteiger partial charge in [-0.3, -0.25) is 14.4 Å². The van der Waals surface area contributed by atoms with Crippen LogP contribution >= 0.6 is 0 Å². The lowest BCUT2D eigenvalue weighted by molar-refractivity contribution is -0.129. The van der Waals surface area contributed by atoms with Crippen LogP contribution in [0.5, 0.6) is 0 Å². The molecule has 0 aliphatic carbocycles. The van der Waals surface area contributed by atoms with Crippen molar-refractivity contribution in [2.75, 3.05) is 18.4 Å². The minimum Gasteiger partial charge on any atom is -0.467 e. The number of anilines is 1. The van der Waals surface area contributed by atoms with Crippen molar-refractivity contribution in [3.05, 3.63) is 53.0 Å². The fourth-order valence-electron chi connectivity index (χ4n) is 3.56. The summed E-state index contributed by atoms with van der Waals surface area (Å²) < 4.78 is 5.25. The molecule has 0 spiro atoms. The predicted molar refractivity (Wildman–Crippen MR) is 105 cm³/mol. The number of amides is 3. The molecule has 3 rings (SSSR count). The van der Waals surface area contributed by atoms with Crippen molar-refractivity contribution in [3.63, 3.8) is 0 Å². The van der Waals surface area contributed by atoms with Gasteiger partial charge in [0, 0.05) is 18.7 Å². The van der Waals surface area contributed by atoms with Crippen molar-refractivity contribution >= 4 is 23.4 Å². The number of nitrogens with one attached hydrogen (secondary N) is 2. The molecule has 28 heavy (non-hydrogen) atoms. The lowest BCUT2D eigenvalue weighted by Gasteiger charge is -2.15. The molecule has 1 fully saturated rings. The second-order valence-corrected chi connectivity index (χ2v) is 7.29. The smallest absolute Gasteiger partial charge is 0.243 e. The number of aryl methyl sites for hydroxylation is 3. The maximum Gasteiger partial charge on any atom is 0.243 e. The molecule has 148 valence electrons. The van der Waals surface area contributed by atoms with E-state index in [9.17, 15) is 14.4 Å². The van der Waals surface area contributed by atoms with Crippen LogP contribution in [0.25, 0.3) is 0 Å². The van der Waals surface area contributed by atoms with Crippen LogP contribution in [-0.2, 0) is 20.9 Å². The zero-order valence-electron chi connectivity index (χ0n) is 16.4. The van der Waals surface area contributed by atoms with Gasteiger partial charge in [-0.25, -0.2) is 0 Å². The highest BCUT2D eigenvalue weighted by Crippen LogP contribution is 2.22. The molecule has 0 radical (unpaired) electrons. The van der Waals surface area contributed by atoms with Crippen LogP contribution in [0.15, 0.2) is 34.9 Å². The first-order chi connectivity index (χ1) is 13.3. The number of hydrogen-bond donors (Lipinski definition) is 2. The molecule has 2 aromatic rings. The second-order valence-electron chi connectivity index (χ2n) is 7.29. The molecule has 2 N–H and O–H groups in total. The fraction of sp³-hybridized carbons (Fsp3) is 0.381. The summed E-state index contributed by atoms with van der Waals surface area (Å²) in [5, 5.41) is 5.50. The van der Waals surface area contributed by atoms with E-state index in [1.54, 1.807) is 23.3 Å². The number of rotatable bonds is 6. The Kier molecular flexibility index (Phi) is 5.82. The van der Waals surface area contributed by atoms with Gasteiger partial charge in [0.1, 0.15) is 5.76 Å². The molecule has 1 aliphatic heterocycles. The van der Waals surface area contributed by atoms with E-state index in [1.165, 1.54) is 0 Å². The van der Waals surface area contributed by atoms with Gasteiger partial charge in [0.15, 0.2) is 0 Å². The predicted octanol–water partition coefficient (Wildman–Crippen LogP) is 2.31. The van der Waals surface area contributed by atoms with Gasteiger partial charge in [0.05, 0.1) is 25.3 Å². The van der Waals surface area contributed by atoms with E-state index in [0.717, 1.165) is 22.4 Å². The summed E-state index contributed by atoms with van der Waals surface area (Å²) in [6.07, 6.45) is 1.69. The number of carbonyl (C=O) groups is 3. The molecular weight excluding hydrogens is 358 g/mol. The second kappa shape index (κ2) is 8.29. The summed E-state index contributed by atoms with van der Waals surface area (Å²) in [4.78, 5) is 38.3. The monoisotopic (exact) mass is 383 g/mol. The molecule has 1 aromatic heterocycles. The molecule has 0 bridgehead atoms. The van der Waals surface area contributed by atoms with Crippen molar-refractivity contribution in [1.29, 1.82) is 0 Å². The van der Waals surface area contributed by atoms with Crippen molar-refractivity contribution in [2.45, 2.75) is 33.7 Å². The van der Waals surface area contributed by atoms with Gasteiger partial charge in [-0.1, -0.05) is 17.7 Å². The van der Waals surface area contributed by atoms with Crippen molar-refractivity contribution in [1.82, 2.24) is 10.2 Å². The minimum absolute atomic E-state index is 0.0908. The Labute approximate surface area is 164 Å². The van der Waals surface area contributed by atoms with Crippen LogP contribution < -0.4 is 10.6 Å². The Morgan fingerprint density at radius 3 is 2.57 bits per heavy atom. The third-order valence-corrected chi connectivity index (χ3v) is 4.88. The van der Waals surface area contributed by atoms with Crippen LogP contribution in [0.2, 0.25) is 0 Å².